The highest BCUT2D eigenvalue weighted by atomic mass is 16.5. The smallest absolute Gasteiger partial charge is 0.0597 e. The first-order chi connectivity index (χ1) is 8.01. The first-order valence-electron chi connectivity index (χ1n) is 7.12. The van der Waals surface area contributed by atoms with Crippen LogP contribution in [0.15, 0.2) is 0 Å². The Morgan fingerprint density at radius 3 is 2.29 bits per heavy atom. The summed E-state index contributed by atoms with van der Waals surface area (Å²) < 4.78 is 5.91. The topological polar surface area (TPSA) is 47.3 Å². The van der Waals surface area contributed by atoms with Crippen molar-refractivity contribution >= 4 is 0 Å². The Kier molecular flexibility index (Phi) is 5.90. The lowest BCUT2D eigenvalue weighted by Crippen LogP contribution is -2.46. The summed E-state index contributed by atoms with van der Waals surface area (Å²) in [6.45, 7) is 11.2. The predicted molar refractivity (Wildman–Crippen MR) is 72.5 cm³/mol. The van der Waals surface area contributed by atoms with Gasteiger partial charge in [-0.25, -0.2) is 0 Å². The van der Waals surface area contributed by atoms with Crippen LogP contribution >= 0.6 is 0 Å². The molecule has 3 heteroatoms. The number of hydrogen-bond acceptors (Lipinski definition) is 3. The molecule has 0 bridgehead atoms. The van der Waals surface area contributed by atoms with Crippen LogP contribution in [0, 0.1) is 17.8 Å². The Labute approximate surface area is 106 Å². The van der Waals surface area contributed by atoms with Crippen molar-refractivity contribution in [1.82, 2.24) is 5.43 Å². The molecule has 0 aromatic heterocycles. The summed E-state index contributed by atoms with van der Waals surface area (Å²) in [5.74, 6) is 7.61. The molecule has 1 aliphatic heterocycles. The Bertz CT molecular complexity index is 222. The molecule has 0 amide bonds. The molecule has 0 radical (unpaired) electrons. The predicted octanol–water partition coefficient (Wildman–Crippen LogP) is 2.70. The minimum absolute atomic E-state index is 0.315. The number of rotatable bonds is 6. The van der Waals surface area contributed by atoms with Gasteiger partial charge in [0.25, 0.3) is 0 Å². The van der Waals surface area contributed by atoms with Gasteiger partial charge in [0, 0.05) is 12.0 Å². The Morgan fingerprint density at radius 1 is 1.24 bits per heavy atom. The summed E-state index contributed by atoms with van der Waals surface area (Å²) in [6.07, 6.45) is 4.35. The first-order valence-corrected chi connectivity index (χ1v) is 7.12. The highest BCUT2D eigenvalue weighted by molar-refractivity contribution is 4.91. The van der Waals surface area contributed by atoms with Gasteiger partial charge in [-0.15, -0.1) is 0 Å². The molecule has 1 saturated heterocycles. The fourth-order valence-corrected chi connectivity index (χ4v) is 3.37. The second-order valence-corrected chi connectivity index (χ2v) is 5.89. The zero-order chi connectivity index (χ0) is 13.0. The van der Waals surface area contributed by atoms with Crippen molar-refractivity contribution < 1.29 is 4.74 Å². The van der Waals surface area contributed by atoms with Gasteiger partial charge in [-0.1, -0.05) is 33.6 Å². The van der Waals surface area contributed by atoms with Gasteiger partial charge in [0.2, 0.25) is 0 Å². The molecule has 1 aliphatic rings. The SMILES string of the molecule is CCCC(C)CC(NN)C1C(C)OC(C)C1C. The number of nitrogens with one attached hydrogen (secondary N) is 1. The second kappa shape index (κ2) is 6.72. The van der Waals surface area contributed by atoms with E-state index in [1.807, 2.05) is 0 Å². The molecule has 17 heavy (non-hydrogen) atoms. The Balaban J connectivity index is 2.60. The van der Waals surface area contributed by atoms with Crippen LogP contribution in [-0.2, 0) is 4.74 Å². The quantitative estimate of drug-likeness (QED) is 0.556. The maximum atomic E-state index is 5.91. The number of hydrogen-bond donors (Lipinski definition) is 2. The van der Waals surface area contributed by atoms with Crippen LogP contribution in [-0.4, -0.2) is 18.2 Å². The largest absolute Gasteiger partial charge is 0.375 e. The van der Waals surface area contributed by atoms with Crippen LogP contribution in [0.3, 0.4) is 0 Å². The van der Waals surface area contributed by atoms with Crippen molar-refractivity contribution in [1.29, 1.82) is 0 Å². The molecule has 1 heterocycles. The normalized spacial score (nSPS) is 37.1. The molecule has 1 fully saturated rings. The molecular formula is C14H30N2O. The lowest BCUT2D eigenvalue weighted by atomic mass is 9.80. The Hall–Kier alpha value is -0.120. The fraction of sp³-hybridized carbons (Fsp3) is 1.00. The monoisotopic (exact) mass is 242 g/mol. The van der Waals surface area contributed by atoms with Crippen LogP contribution < -0.4 is 11.3 Å². The maximum Gasteiger partial charge on any atom is 0.0597 e. The highest BCUT2D eigenvalue weighted by Gasteiger charge is 2.41. The van der Waals surface area contributed by atoms with Gasteiger partial charge in [0.1, 0.15) is 0 Å². The van der Waals surface area contributed by atoms with Gasteiger partial charge in [0.15, 0.2) is 0 Å². The summed E-state index contributed by atoms with van der Waals surface area (Å²) in [5.41, 5.74) is 3.03. The molecule has 6 unspecified atom stereocenters. The lowest BCUT2D eigenvalue weighted by molar-refractivity contribution is 0.0465. The molecule has 1 rings (SSSR count). The molecule has 102 valence electrons. The third kappa shape index (κ3) is 3.67. The summed E-state index contributed by atoms with van der Waals surface area (Å²) >= 11 is 0. The minimum atomic E-state index is 0.315. The van der Waals surface area contributed by atoms with Crippen LogP contribution in [0.4, 0.5) is 0 Å². The second-order valence-electron chi connectivity index (χ2n) is 5.89. The van der Waals surface area contributed by atoms with Gasteiger partial charge < -0.3 is 4.74 Å². The van der Waals surface area contributed by atoms with E-state index in [1.54, 1.807) is 0 Å². The molecule has 0 aromatic carbocycles. The zero-order valence-electron chi connectivity index (χ0n) is 12.1. The highest BCUT2D eigenvalue weighted by Crippen LogP contribution is 2.36. The van der Waals surface area contributed by atoms with Crippen LogP contribution in [0.1, 0.15) is 53.9 Å². The first kappa shape index (κ1) is 14.9. The van der Waals surface area contributed by atoms with Crippen molar-refractivity contribution in [2.24, 2.45) is 23.6 Å². The van der Waals surface area contributed by atoms with Gasteiger partial charge in [0.05, 0.1) is 12.2 Å². The molecule has 0 saturated carbocycles. The zero-order valence-corrected chi connectivity index (χ0v) is 12.1. The average Bonchev–Trinajstić information content (AvgIpc) is 2.51. The Morgan fingerprint density at radius 2 is 1.88 bits per heavy atom. The summed E-state index contributed by atoms with van der Waals surface area (Å²) in [4.78, 5) is 0. The van der Waals surface area contributed by atoms with Crippen LogP contribution in [0.25, 0.3) is 0 Å². The molecule has 3 nitrogen and oxygen atoms in total. The number of hydrazine groups is 1. The van der Waals surface area contributed by atoms with Crippen molar-refractivity contribution in [3.8, 4) is 0 Å². The standard InChI is InChI=1S/C14H30N2O/c1-6-7-9(2)8-13(16-15)14-10(3)11(4)17-12(14)5/h9-14,16H,6-8,15H2,1-5H3. The van der Waals surface area contributed by atoms with E-state index in [4.69, 9.17) is 10.6 Å². The fourth-order valence-electron chi connectivity index (χ4n) is 3.37. The summed E-state index contributed by atoms with van der Waals surface area (Å²) in [6, 6.07) is 0.381. The summed E-state index contributed by atoms with van der Waals surface area (Å²) in [5, 5.41) is 0. The lowest BCUT2D eigenvalue weighted by Gasteiger charge is -2.30. The van der Waals surface area contributed by atoms with Gasteiger partial charge in [-0.3, -0.25) is 11.3 Å². The third-order valence-electron chi connectivity index (χ3n) is 4.44. The average molecular weight is 242 g/mol. The van der Waals surface area contributed by atoms with Crippen molar-refractivity contribution in [3.63, 3.8) is 0 Å². The van der Waals surface area contributed by atoms with Crippen LogP contribution in [0.5, 0.6) is 0 Å². The summed E-state index contributed by atoms with van der Waals surface area (Å²) in [7, 11) is 0. The molecule has 3 N–H and O–H groups in total. The number of ether oxygens (including phenoxy) is 1. The van der Waals surface area contributed by atoms with Gasteiger partial charge >= 0.3 is 0 Å². The molecule has 0 aliphatic carbocycles. The third-order valence-corrected chi connectivity index (χ3v) is 4.44. The molecule has 0 aromatic rings. The van der Waals surface area contributed by atoms with E-state index in [0.717, 1.165) is 12.3 Å². The maximum absolute atomic E-state index is 5.91. The van der Waals surface area contributed by atoms with Crippen molar-refractivity contribution in [2.75, 3.05) is 0 Å². The van der Waals surface area contributed by atoms with Gasteiger partial charge in [-0.05, 0) is 32.1 Å². The molecule has 0 spiro atoms. The van der Waals surface area contributed by atoms with Crippen molar-refractivity contribution in [2.45, 2.75) is 72.1 Å². The molecular weight excluding hydrogens is 212 g/mol. The van der Waals surface area contributed by atoms with Crippen LogP contribution in [0.2, 0.25) is 0 Å². The van der Waals surface area contributed by atoms with Crippen molar-refractivity contribution in [3.05, 3.63) is 0 Å². The van der Waals surface area contributed by atoms with E-state index in [2.05, 4.69) is 40.0 Å². The number of nitrogens with two attached hydrogens (primary N) is 1. The van der Waals surface area contributed by atoms with E-state index in [1.165, 1.54) is 12.8 Å². The molecule has 6 atom stereocenters. The van der Waals surface area contributed by atoms with E-state index in [-0.39, 0.29) is 0 Å². The van der Waals surface area contributed by atoms with E-state index in [9.17, 15) is 0 Å². The van der Waals surface area contributed by atoms with Gasteiger partial charge in [-0.2, -0.15) is 0 Å². The van der Waals surface area contributed by atoms with E-state index >= 15 is 0 Å². The van der Waals surface area contributed by atoms with E-state index in [0.29, 0.717) is 30.1 Å². The van der Waals surface area contributed by atoms with E-state index < -0.39 is 0 Å². The minimum Gasteiger partial charge on any atom is -0.375 e.